The van der Waals surface area contributed by atoms with Crippen molar-refractivity contribution in [3.05, 3.63) is 57.8 Å². The molecule has 4 N–H and O–H groups in total. The molecule has 8 nitrogen and oxygen atoms in total. The fourth-order valence-electron chi connectivity index (χ4n) is 4.86. The summed E-state index contributed by atoms with van der Waals surface area (Å²) in [7, 11) is 0. The lowest BCUT2D eigenvalue weighted by atomic mass is 9.68. The number of urea groups is 1. The van der Waals surface area contributed by atoms with Crippen LogP contribution in [0, 0.1) is 17.3 Å². The SMILES string of the molecule is CC(C)(C)C1CCC(C(NC(=O)Nc2cc(Cl)nc(Cl)c2)c2ccc(C(=O)NCCC(=O)O)cc2)CC1. The van der Waals surface area contributed by atoms with E-state index in [0.29, 0.717) is 17.2 Å². The molecule has 0 radical (unpaired) electrons. The third-order valence-electron chi connectivity index (χ3n) is 6.93. The average molecular weight is 549 g/mol. The molecule has 3 rings (SSSR count). The van der Waals surface area contributed by atoms with Crippen LogP contribution in [0.25, 0.3) is 0 Å². The van der Waals surface area contributed by atoms with E-state index in [-0.39, 0.29) is 46.6 Å². The Balaban J connectivity index is 1.75. The number of halogens is 2. The molecule has 1 aliphatic carbocycles. The molecule has 3 amide bonds. The Labute approximate surface area is 227 Å². The number of pyridine rings is 1. The first kappa shape index (κ1) is 28.7. The third-order valence-corrected chi connectivity index (χ3v) is 7.32. The van der Waals surface area contributed by atoms with Gasteiger partial charge in [-0.2, -0.15) is 0 Å². The van der Waals surface area contributed by atoms with E-state index in [9.17, 15) is 14.4 Å². The van der Waals surface area contributed by atoms with Crippen molar-refractivity contribution in [1.29, 1.82) is 0 Å². The zero-order valence-corrected chi connectivity index (χ0v) is 22.8. The summed E-state index contributed by atoms with van der Waals surface area (Å²) >= 11 is 11.9. The van der Waals surface area contributed by atoms with Crippen LogP contribution in [-0.2, 0) is 4.79 Å². The van der Waals surface area contributed by atoms with Gasteiger partial charge in [-0.1, -0.05) is 56.1 Å². The lowest BCUT2D eigenvalue weighted by Crippen LogP contribution is -2.38. The van der Waals surface area contributed by atoms with Gasteiger partial charge in [0, 0.05) is 17.8 Å². The number of carboxylic acid groups (broad SMARTS) is 1. The Kier molecular flexibility index (Phi) is 9.79. The molecule has 0 aliphatic heterocycles. The molecular formula is C27H34Cl2N4O4. The number of hydrogen-bond acceptors (Lipinski definition) is 4. The number of aromatic nitrogens is 1. The highest BCUT2D eigenvalue weighted by Gasteiger charge is 2.34. The summed E-state index contributed by atoms with van der Waals surface area (Å²) in [6.45, 7) is 6.87. The number of nitrogens with one attached hydrogen (secondary N) is 3. The van der Waals surface area contributed by atoms with Crippen molar-refractivity contribution in [3.8, 4) is 0 Å². The first-order valence-corrected chi connectivity index (χ1v) is 13.2. The van der Waals surface area contributed by atoms with E-state index >= 15 is 0 Å². The number of aliphatic carboxylic acids is 1. The maximum absolute atomic E-state index is 13.0. The van der Waals surface area contributed by atoms with Crippen molar-refractivity contribution >= 4 is 46.8 Å². The van der Waals surface area contributed by atoms with Gasteiger partial charge in [0.2, 0.25) is 0 Å². The maximum Gasteiger partial charge on any atom is 0.319 e. The highest BCUT2D eigenvalue weighted by Crippen LogP contribution is 2.43. The molecule has 1 atom stereocenters. The van der Waals surface area contributed by atoms with Gasteiger partial charge in [0.15, 0.2) is 0 Å². The maximum atomic E-state index is 13.0. The van der Waals surface area contributed by atoms with Gasteiger partial charge in [0.05, 0.1) is 12.5 Å². The second-order valence-corrected chi connectivity index (χ2v) is 11.4. The zero-order valence-electron chi connectivity index (χ0n) is 21.3. The van der Waals surface area contributed by atoms with Gasteiger partial charge in [0.25, 0.3) is 5.91 Å². The molecule has 1 fully saturated rings. The van der Waals surface area contributed by atoms with Crippen LogP contribution in [-0.4, -0.2) is 34.5 Å². The smallest absolute Gasteiger partial charge is 0.319 e. The standard InChI is InChI=1S/C27H34Cl2N4O4/c1-27(2,3)19-10-8-17(9-11-19)24(33-26(37)31-20-14-21(28)32-22(29)15-20)16-4-6-18(7-5-16)25(36)30-13-12-23(34)35/h4-7,14-15,17,19,24H,8-13H2,1-3H3,(H,30,36)(H,34,35)(H2,31,32,33,37). The van der Waals surface area contributed by atoms with Gasteiger partial charge in [-0.15, -0.1) is 0 Å². The molecule has 37 heavy (non-hydrogen) atoms. The lowest BCUT2D eigenvalue weighted by molar-refractivity contribution is -0.136. The highest BCUT2D eigenvalue weighted by molar-refractivity contribution is 6.33. The van der Waals surface area contributed by atoms with Crippen LogP contribution < -0.4 is 16.0 Å². The third kappa shape index (κ3) is 8.61. The molecule has 10 heteroatoms. The van der Waals surface area contributed by atoms with Crippen LogP contribution in [0.15, 0.2) is 36.4 Å². The van der Waals surface area contributed by atoms with Crippen LogP contribution in [0.4, 0.5) is 10.5 Å². The van der Waals surface area contributed by atoms with Crippen LogP contribution >= 0.6 is 23.2 Å². The molecule has 1 unspecified atom stereocenters. The Morgan fingerprint density at radius 1 is 1.03 bits per heavy atom. The van der Waals surface area contributed by atoms with Crippen molar-refractivity contribution in [2.24, 2.45) is 17.3 Å². The quantitative estimate of drug-likeness (QED) is 0.288. The Morgan fingerprint density at radius 3 is 2.16 bits per heavy atom. The molecule has 0 spiro atoms. The first-order valence-electron chi connectivity index (χ1n) is 12.4. The summed E-state index contributed by atoms with van der Waals surface area (Å²) in [4.78, 5) is 39.9. The van der Waals surface area contributed by atoms with Gasteiger partial charge in [-0.25, -0.2) is 9.78 Å². The van der Waals surface area contributed by atoms with Crippen molar-refractivity contribution in [1.82, 2.24) is 15.6 Å². The second kappa shape index (κ2) is 12.6. The Hall–Kier alpha value is -2.84. The van der Waals surface area contributed by atoms with E-state index in [4.69, 9.17) is 28.3 Å². The number of benzene rings is 1. The minimum atomic E-state index is -0.972. The molecule has 1 aromatic carbocycles. The van der Waals surface area contributed by atoms with Crippen molar-refractivity contribution < 1.29 is 19.5 Å². The number of rotatable bonds is 8. The van der Waals surface area contributed by atoms with Crippen LogP contribution in [0.3, 0.4) is 0 Å². The summed E-state index contributed by atoms with van der Waals surface area (Å²) in [5, 5.41) is 17.6. The fourth-order valence-corrected chi connectivity index (χ4v) is 5.32. The van der Waals surface area contributed by atoms with Crippen LogP contribution in [0.2, 0.25) is 10.3 Å². The normalized spacial score (nSPS) is 18.5. The minimum absolute atomic E-state index is 0.0559. The highest BCUT2D eigenvalue weighted by atomic mass is 35.5. The summed E-state index contributed by atoms with van der Waals surface area (Å²) < 4.78 is 0. The van der Waals surface area contributed by atoms with Crippen molar-refractivity contribution in [2.75, 3.05) is 11.9 Å². The zero-order chi connectivity index (χ0) is 27.2. The van der Waals surface area contributed by atoms with Gasteiger partial charge in [-0.05, 0) is 72.8 Å². The van der Waals surface area contributed by atoms with E-state index in [1.165, 1.54) is 12.1 Å². The lowest BCUT2D eigenvalue weighted by Gasteiger charge is -2.39. The molecular weight excluding hydrogens is 515 g/mol. The van der Waals surface area contributed by atoms with E-state index in [1.807, 2.05) is 12.1 Å². The number of hydrogen-bond donors (Lipinski definition) is 4. The van der Waals surface area contributed by atoms with Crippen molar-refractivity contribution in [2.45, 2.75) is 58.9 Å². The van der Waals surface area contributed by atoms with E-state index in [0.717, 1.165) is 31.2 Å². The fraction of sp³-hybridized carbons (Fsp3) is 0.481. The monoisotopic (exact) mass is 548 g/mol. The summed E-state index contributed by atoms with van der Waals surface area (Å²) in [6, 6.07) is 9.46. The number of carbonyl (C=O) groups excluding carboxylic acids is 2. The topological polar surface area (TPSA) is 120 Å². The Morgan fingerprint density at radius 2 is 1.62 bits per heavy atom. The largest absolute Gasteiger partial charge is 0.481 e. The molecule has 0 saturated heterocycles. The molecule has 1 aromatic heterocycles. The summed E-state index contributed by atoms with van der Waals surface area (Å²) in [6.07, 6.45) is 3.95. The predicted octanol–water partition coefficient (Wildman–Crippen LogP) is 6.31. The minimum Gasteiger partial charge on any atom is -0.481 e. The molecule has 1 aliphatic rings. The van der Waals surface area contributed by atoms with Gasteiger partial charge in [0.1, 0.15) is 10.3 Å². The number of carboxylic acids is 1. The molecule has 200 valence electrons. The number of carbonyl (C=O) groups is 3. The molecule has 1 heterocycles. The van der Waals surface area contributed by atoms with Gasteiger partial charge < -0.3 is 21.1 Å². The van der Waals surface area contributed by atoms with E-state index in [2.05, 4.69) is 41.7 Å². The average Bonchev–Trinajstić information content (AvgIpc) is 2.81. The summed E-state index contributed by atoms with van der Waals surface area (Å²) in [5.74, 6) is -0.465. The van der Waals surface area contributed by atoms with Gasteiger partial charge in [-0.3, -0.25) is 9.59 Å². The van der Waals surface area contributed by atoms with Crippen molar-refractivity contribution in [3.63, 3.8) is 0 Å². The van der Waals surface area contributed by atoms with Crippen LogP contribution in [0.1, 0.15) is 74.8 Å². The molecule has 2 aromatic rings. The number of anilines is 1. The molecule has 0 bridgehead atoms. The van der Waals surface area contributed by atoms with E-state index < -0.39 is 12.0 Å². The number of amides is 3. The molecule has 1 saturated carbocycles. The Bertz CT molecular complexity index is 1090. The van der Waals surface area contributed by atoms with Crippen LogP contribution in [0.5, 0.6) is 0 Å². The number of nitrogens with zero attached hydrogens (tertiary/aromatic N) is 1. The van der Waals surface area contributed by atoms with E-state index in [1.54, 1.807) is 12.1 Å². The first-order chi connectivity index (χ1) is 17.4. The second-order valence-electron chi connectivity index (χ2n) is 10.6. The predicted molar refractivity (Wildman–Crippen MR) is 145 cm³/mol. The van der Waals surface area contributed by atoms with Gasteiger partial charge >= 0.3 is 12.0 Å². The summed E-state index contributed by atoms with van der Waals surface area (Å²) in [5.41, 5.74) is 1.99.